The smallest absolute Gasteiger partial charge is 0.222 e. The van der Waals surface area contributed by atoms with Crippen LogP contribution in [-0.2, 0) is 16.1 Å². The average molecular weight is 420 g/mol. The Hall–Kier alpha value is -2.40. The molecule has 164 valence electrons. The van der Waals surface area contributed by atoms with Crippen LogP contribution in [0.1, 0.15) is 44.1 Å². The number of fused-ring (bicyclic) bond motifs is 2. The minimum atomic E-state index is 0.282. The number of hydrogen-bond acceptors (Lipinski definition) is 3. The normalized spacial score (nSPS) is 24.8. The van der Waals surface area contributed by atoms with Crippen molar-refractivity contribution < 1.29 is 9.59 Å². The van der Waals surface area contributed by atoms with Gasteiger partial charge in [0, 0.05) is 58.2 Å². The molecule has 0 saturated carbocycles. The number of carbonyl (C=O) groups excluding carboxylic acids is 2. The number of hydrogen-bond donors (Lipinski definition) is 0. The van der Waals surface area contributed by atoms with Gasteiger partial charge in [0.1, 0.15) is 0 Å². The summed E-state index contributed by atoms with van der Waals surface area (Å²) in [5, 5.41) is 2.66. The van der Waals surface area contributed by atoms with Crippen molar-refractivity contribution in [2.24, 2.45) is 5.92 Å². The molecule has 0 bridgehead atoms. The number of amides is 2. The molecule has 0 N–H and O–H groups in total. The third-order valence-corrected chi connectivity index (χ3v) is 7.50. The standard InChI is InChI=1S/C26H33N3O2/c30-25-10-4-14-28(25)15-5-16-29-24-13-17-27(19-22(24)11-12-26(29)31)18-21-8-3-7-20-6-1-2-9-23(20)21/h1-3,6-9,22,24H,4-5,10-19H2/t22-,24+/m1/s1. The Morgan fingerprint density at radius 2 is 1.74 bits per heavy atom. The number of benzene rings is 2. The van der Waals surface area contributed by atoms with Gasteiger partial charge in [0.2, 0.25) is 11.8 Å². The molecule has 5 rings (SSSR count). The fourth-order valence-electron chi connectivity index (χ4n) is 5.90. The quantitative estimate of drug-likeness (QED) is 0.718. The first-order valence-electron chi connectivity index (χ1n) is 12.0. The van der Waals surface area contributed by atoms with Crippen LogP contribution in [0.5, 0.6) is 0 Å². The lowest BCUT2D eigenvalue weighted by Gasteiger charge is -2.47. The van der Waals surface area contributed by atoms with Gasteiger partial charge in [-0.3, -0.25) is 14.5 Å². The van der Waals surface area contributed by atoms with Gasteiger partial charge in [-0.05, 0) is 47.9 Å². The van der Waals surface area contributed by atoms with E-state index in [1.807, 2.05) is 4.90 Å². The van der Waals surface area contributed by atoms with Crippen molar-refractivity contribution in [2.45, 2.75) is 51.1 Å². The van der Waals surface area contributed by atoms with E-state index in [-0.39, 0.29) is 5.91 Å². The largest absolute Gasteiger partial charge is 0.343 e. The molecule has 31 heavy (non-hydrogen) atoms. The highest BCUT2D eigenvalue weighted by Crippen LogP contribution is 2.32. The van der Waals surface area contributed by atoms with Crippen molar-refractivity contribution in [1.29, 1.82) is 0 Å². The van der Waals surface area contributed by atoms with E-state index in [9.17, 15) is 9.59 Å². The van der Waals surface area contributed by atoms with Gasteiger partial charge >= 0.3 is 0 Å². The first-order chi connectivity index (χ1) is 15.2. The lowest BCUT2D eigenvalue weighted by molar-refractivity contribution is -0.141. The summed E-state index contributed by atoms with van der Waals surface area (Å²) in [6.07, 6.45) is 5.32. The molecule has 2 amide bonds. The van der Waals surface area contributed by atoms with E-state index < -0.39 is 0 Å². The van der Waals surface area contributed by atoms with Gasteiger partial charge in [-0.2, -0.15) is 0 Å². The van der Waals surface area contributed by atoms with Crippen molar-refractivity contribution in [3.63, 3.8) is 0 Å². The summed E-state index contributed by atoms with van der Waals surface area (Å²) < 4.78 is 0. The van der Waals surface area contributed by atoms with Crippen LogP contribution in [0.4, 0.5) is 0 Å². The van der Waals surface area contributed by atoms with E-state index in [2.05, 4.69) is 52.3 Å². The summed E-state index contributed by atoms with van der Waals surface area (Å²) in [6.45, 7) is 5.58. The summed E-state index contributed by atoms with van der Waals surface area (Å²) in [5.41, 5.74) is 1.40. The van der Waals surface area contributed by atoms with Crippen LogP contribution in [0.2, 0.25) is 0 Å². The highest BCUT2D eigenvalue weighted by Gasteiger charge is 2.39. The highest BCUT2D eigenvalue weighted by molar-refractivity contribution is 5.85. The fourth-order valence-corrected chi connectivity index (χ4v) is 5.90. The first-order valence-corrected chi connectivity index (χ1v) is 12.0. The first kappa shape index (κ1) is 20.5. The van der Waals surface area contributed by atoms with Gasteiger partial charge in [-0.25, -0.2) is 0 Å². The van der Waals surface area contributed by atoms with Crippen molar-refractivity contribution in [3.8, 4) is 0 Å². The number of rotatable bonds is 6. The molecule has 0 radical (unpaired) electrons. The number of carbonyl (C=O) groups is 2. The van der Waals surface area contributed by atoms with Crippen molar-refractivity contribution >= 4 is 22.6 Å². The van der Waals surface area contributed by atoms with Gasteiger partial charge in [0.15, 0.2) is 0 Å². The Bertz CT molecular complexity index is 953. The molecule has 0 unspecified atom stereocenters. The van der Waals surface area contributed by atoms with Gasteiger partial charge in [0.05, 0.1) is 0 Å². The molecule has 5 heteroatoms. The van der Waals surface area contributed by atoms with Gasteiger partial charge in [0.25, 0.3) is 0 Å². The summed E-state index contributed by atoms with van der Waals surface area (Å²) in [7, 11) is 0. The molecule has 5 nitrogen and oxygen atoms in total. The van der Waals surface area contributed by atoms with E-state index in [0.29, 0.717) is 30.7 Å². The number of nitrogens with zero attached hydrogens (tertiary/aromatic N) is 3. The maximum absolute atomic E-state index is 12.7. The predicted octanol–water partition coefficient (Wildman–Crippen LogP) is 3.67. The molecular formula is C26H33N3O2. The number of likely N-dealkylation sites (tertiary alicyclic amines) is 3. The molecule has 3 saturated heterocycles. The summed E-state index contributed by atoms with van der Waals surface area (Å²) >= 11 is 0. The molecule has 3 fully saturated rings. The fraction of sp³-hybridized carbons (Fsp3) is 0.538. The summed E-state index contributed by atoms with van der Waals surface area (Å²) in [4.78, 5) is 31.3. The Morgan fingerprint density at radius 3 is 2.61 bits per heavy atom. The van der Waals surface area contributed by atoms with Crippen LogP contribution < -0.4 is 0 Å². The van der Waals surface area contributed by atoms with E-state index in [4.69, 9.17) is 0 Å². The number of piperidine rings is 2. The summed E-state index contributed by atoms with van der Waals surface area (Å²) in [5.74, 6) is 1.16. The minimum absolute atomic E-state index is 0.282. The molecule has 0 aliphatic carbocycles. The molecule has 0 spiro atoms. The van der Waals surface area contributed by atoms with Gasteiger partial charge in [-0.15, -0.1) is 0 Å². The minimum Gasteiger partial charge on any atom is -0.343 e. The summed E-state index contributed by atoms with van der Waals surface area (Å²) in [6, 6.07) is 15.6. The van der Waals surface area contributed by atoms with Gasteiger partial charge < -0.3 is 9.80 Å². The Kier molecular flexibility index (Phi) is 5.95. The molecule has 3 aliphatic heterocycles. The lowest BCUT2D eigenvalue weighted by atomic mass is 9.83. The van der Waals surface area contributed by atoms with Crippen LogP contribution >= 0.6 is 0 Å². The maximum atomic E-state index is 12.7. The zero-order chi connectivity index (χ0) is 21.2. The molecule has 2 atom stereocenters. The second-order valence-corrected chi connectivity index (χ2v) is 9.45. The van der Waals surface area contributed by atoms with Gasteiger partial charge in [-0.1, -0.05) is 42.5 Å². The second-order valence-electron chi connectivity index (χ2n) is 9.45. The molecule has 2 aromatic rings. The van der Waals surface area contributed by atoms with Crippen molar-refractivity contribution in [2.75, 3.05) is 32.7 Å². The third-order valence-electron chi connectivity index (χ3n) is 7.50. The Morgan fingerprint density at radius 1 is 0.871 bits per heavy atom. The molecular weight excluding hydrogens is 386 g/mol. The van der Waals surface area contributed by atoms with Crippen LogP contribution in [0.25, 0.3) is 10.8 Å². The van der Waals surface area contributed by atoms with E-state index in [1.54, 1.807) is 0 Å². The lowest BCUT2D eigenvalue weighted by Crippen LogP contribution is -2.56. The molecule has 0 aromatic heterocycles. The van der Waals surface area contributed by atoms with Crippen molar-refractivity contribution in [3.05, 3.63) is 48.0 Å². The van der Waals surface area contributed by atoms with Crippen LogP contribution in [0, 0.1) is 5.92 Å². The van der Waals surface area contributed by atoms with Crippen molar-refractivity contribution in [1.82, 2.24) is 14.7 Å². The molecule has 3 heterocycles. The topological polar surface area (TPSA) is 43.9 Å². The molecule has 3 aliphatic rings. The maximum Gasteiger partial charge on any atom is 0.222 e. The zero-order valence-electron chi connectivity index (χ0n) is 18.3. The Balaban J connectivity index is 1.20. The van der Waals surface area contributed by atoms with Crippen LogP contribution in [0.3, 0.4) is 0 Å². The van der Waals surface area contributed by atoms with E-state index in [0.717, 1.165) is 65.0 Å². The Labute approximate surface area is 185 Å². The van der Waals surface area contributed by atoms with Crippen LogP contribution in [-0.4, -0.2) is 65.3 Å². The molecule has 2 aromatic carbocycles. The third kappa shape index (κ3) is 4.33. The van der Waals surface area contributed by atoms with E-state index in [1.165, 1.54) is 16.3 Å². The second kappa shape index (κ2) is 8.99. The average Bonchev–Trinajstić information content (AvgIpc) is 3.20. The van der Waals surface area contributed by atoms with E-state index >= 15 is 0 Å². The zero-order valence-corrected chi connectivity index (χ0v) is 18.3. The SMILES string of the molecule is O=C1CCCN1CCCN1C(=O)CC[C@@H]2CN(Cc3cccc4ccccc34)CC[C@@H]21. The van der Waals surface area contributed by atoms with Crippen LogP contribution in [0.15, 0.2) is 42.5 Å². The monoisotopic (exact) mass is 419 g/mol. The highest BCUT2D eigenvalue weighted by atomic mass is 16.2. The predicted molar refractivity (Wildman–Crippen MR) is 122 cm³/mol.